The number of aliphatic carboxylic acids is 1. The van der Waals surface area contributed by atoms with Gasteiger partial charge in [-0.25, -0.2) is 28.5 Å². The Morgan fingerprint density at radius 1 is 1.18 bits per heavy atom. The number of halogens is 2. The molecule has 4 heterocycles. The molecule has 0 saturated heterocycles. The molecule has 4 aromatic heterocycles. The van der Waals surface area contributed by atoms with E-state index < -0.39 is 35.5 Å². The number of nitrogens with one attached hydrogen (secondary N) is 2. The van der Waals surface area contributed by atoms with Gasteiger partial charge in [0.1, 0.15) is 22.0 Å². The van der Waals surface area contributed by atoms with Gasteiger partial charge in [-0.2, -0.15) is 0 Å². The van der Waals surface area contributed by atoms with E-state index in [9.17, 15) is 24.2 Å². The van der Waals surface area contributed by atoms with Crippen LogP contribution >= 0.6 is 11.3 Å². The number of carboxylic acid groups (broad SMARTS) is 2. The zero-order valence-corrected chi connectivity index (χ0v) is 18.1. The third-order valence-corrected chi connectivity index (χ3v) is 6.22. The van der Waals surface area contributed by atoms with E-state index in [2.05, 4.69) is 25.3 Å². The molecular weight excluding hydrogens is 456 g/mol. The summed E-state index contributed by atoms with van der Waals surface area (Å²) in [4.78, 5) is 38.2. The number of hydrogen-bond donors (Lipinski definition) is 4. The van der Waals surface area contributed by atoms with Crippen LogP contribution in [-0.4, -0.2) is 48.1 Å². The number of carboxylic acids is 2. The van der Waals surface area contributed by atoms with Crippen LogP contribution in [0.15, 0.2) is 30.6 Å². The summed E-state index contributed by atoms with van der Waals surface area (Å²) >= 11 is 0.827. The maximum atomic E-state index is 15.4. The summed E-state index contributed by atoms with van der Waals surface area (Å²) in [7, 11) is 0. The molecule has 0 amide bonds. The summed E-state index contributed by atoms with van der Waals surface area (Å²) in [5.74, 6) is -4.80. The first kappa shape index (κ1) is 22.3. The normalized spacial score (nSPS) is 13.1. The molecule has 0 aliphatic carbocycles. The second kappa shape index (κ2) is 8.54. The number of aromatic nitrogens is 4. The van der Waals surface area contributed by atoms with Crippen molar-refractivity contribution in [1.29, 1.82) is 0 Å². The SMILES string of the molecule is C[C@H](Nc1nc(-c2c[nH]c3ncc(F)cc23)nc(-c2ccc(C(=O)O)s2)c1F)[C@H](C)C(=O)O. The van der Waals surface area contributed by atoms with Crippen LogP contribution in [0.1, 0.15) is 23.5 Å². The quantitative estimate of drug-likeness (QED) is 0.312. The Labute approximate surface area is 189 Å². The van der Waals surface area contributed by atoms with Crippen LogP contribution in [-0.2, 0) is 4.79 Å². The monoisotopic (exact) mass is 473 g/mol. The molecule has 0 bridgehead atoms. The minimum atomic E-state index is -1.17. The van der Waals surface area contributed by atoms with Crippen molar-refractivity contribution < 1.29 is 28.6 Å². The first-order valence-corrected chi connectivity index (χ1v) is 10.5. The Kier molecular flexibility index (Phi) is 5.77. The van der Waals surface area contributed by atoms with Crippen LogP contribution in [0.25, 0.3) is 33.0 Å². The predicted octanol–water partition coefficient (Wildman–Crippen LogP) is 4.25. The van der Waals surface area contributed by atoms with Gasteiger partial charge in [0, 0.05) is 23.2 Å². The molecule has 2 atom stereocenters. The molecule has 0 aromatic carbocycles. The molecule has 9 nitrogen and oxygen atoms in total. The van der Waals surface area contributed by atoms with E-state index in [0.717, 1.165) is 17.5 Å². The van der Waals surface area contributed by atoms with Crippen molar-refractivity contribution in [2.75, 3.05) is 5.32 Å². The highest BCUT2D eigenvalue weighted by atomic mass is 32.1. The molecule has 0 spiro atoms. The maximum Gasteiger partial charge on any atom is 0.345 e. The van der Waals surface area contributed by atoms with Crippen LogP contribution in [0.4, 0.5) is 14.6 Å². The first-order valence-electron chi connectivity index (χ1n) is 9.69. The molecule has 4 N–H and O–H groups in total. The highest BCUT2D eigenvalue weighted by molar-refractivity contribution is 7.17. The minimum Gasteiger partial charge on any atom is -0.481 e. The molecule has 0 saturated carbocycles. The fourth-order valence-electron chi connectivity index (χ4n) is 3.12. The van der Waals surface area contributed by atoms with E-state index in [4.69, 9.17) is 0 Å². The number of thiophene rings is 1. The standard InChI is InChI=1S/C21H17F2N5O4S/c1-8(20(29)30)9(2)26-19-15(23)16(13-3-4-14(33-13)21(31)32)27-18(28-19)12-7-25-17-11(12)5-10(22)6-24-17/h3-9H,1-2H3,(H,24,25)(H,29,30)(H,31,32)(H,26,27,28)/t8-,9-/m0/s1. The van der Waals surface area contributed by atoms with E-state index >= 15 is 4.39 Å². The zero-order valence-electron chi connectivity index (χ0n) is 17.3. The summed E-state index contributed by atoms with van der Waals surface area (Å²) in [5, 5.41) is 21.6. The Balaban J connectivity index is 1.89. The average Bonchev–Trinajstić information content (AvgIpc) is 3.42. The summed E-state index contributed by atoms with van der Waals surface area (Å²) in [5.41, 5.74) is 0.539. The lowest BCUT2D eigenvalue weighted by molar-refractivity contribution is -0.141. The summed E-state index contributed by atoms with van der Waals surface area (Å²) in [6.45, 7) is 3.03. The molecule has 12 heteroatoms. The van der Waals surface area contributed by atoms with Gasteiger partial charge >= 0.3 is 11.9 Å². The van der Waals surface area contributed by atoms with Crippen molar-refractivity contribution in [2.45, 2.75) is 19.9 Å². The molecule has 0 fully saturated rings. The van der Waals surface area contributed by atoms with Crippen LogP contribution in [0.5, 0.6) is 0 Å². The van der Waals surface area contributed by atoms with Crippen LogP contribution in [0.2, 0.25) is 0 Å². The molecular formula is C21H17F2N5O4S. The molecule has 4 rings (SSSR count). The smallest absolute Gasteiger partial charge is 0.345 e. The second-order valence-electron chi connectivity index (χ2n) is 7.34. The number of fused-ring (bicyclic) bond motifs is 1. The number of hydrogen-bond acceptors (Lipinski definition) is 7. The summed E-state index contributed by atoms with van der Waals surface area (Å²) in [6, 6.07) is 3.28. The molecule has 170 valence electrons. The Morgan fingerprint density at radius 2 is 1.94 bits per heavy atom. The summed E-state index contributed by atoms with van der Waals surface area (Å²) in [6.07, 6.45) is 2.54. The van der Waals surface area contributed by atoms with Crippen molar-refractivity contribution in [3.8, 4) is 22.0 Å². The van der Waals surface area contributed by atoms with Gasteiger partial charge in [0.05, 0.1) is 17.0 Å². The fraction of sp³-hybridized carbons (Fsp3) is 0.190. The average molecular weight is 473 g/mol. The van der Waals surface area contributed by atoms with E-state index in [1.54, 1.807) is 6.92 Å². The lowest BCUT2D eigenvalue weighted by atomic mass is 10.0. The van der Waals surface area contributed by atoms with Gasteiger partial charge in [-0.05, 0) is 32.0 Å². The molecule has 4 aromatic rings. The number of nitrogens with zero attached hydrogens (tertiary/aromatic N) is 3. The lowest BCUT2D eigenvalue weighted by Gasteiger charge is -2.19. The van der Waals surface area contributed by atoms with E-state index in [-0.39, 0.29) is 27.1 Å². The highest BCUT2D eigenvalue weighted by Crippen LogP contribution is 2.35. The lowest BCUT2D eigenvalue weighted by Crippen LogP contribution is -2.30. The second-order valence-corrected chi connectivity index (χ2v) is 8.42. The molecule has 0 aliphatic rings. The number of H-pyrrole nitrogens is 1. The summed E-state index contributed by atoms with van der Waals surface area (Å²) < 4.78 is 29.3. The molecule has 0 unspecified atom stereocenters. The minimum absolute atomic E-state index is 0.00898. The first-order chi connectivity index (χ1) is 15.7. The van der Waals surface area contributed by atoms with Crippen molar-refractivity contribution in [1.82, 2.24) is 19.9 Å². The highest BCUT2D eigenvalue weighted by Gasteiger charge is 2.25. The maximum absolute atomic E-state index is 15.4. The van der Waals surface area contributed by atoms with Crippen molar-refractivity contribution in [3.05, 3.63) is 47.1 Å². The third kappa shape index (κ3) is 4.24. The van der Waals surface area contributed by atoms with Crippen molar-refractivity contribution in [2.24, 2.45) is 5.92 Å². The fourth-order valence-corrected chi connectivity index (χ4v) is 3.95. The Morgan fingerprint density at radius 3 is 2.61 bits per heavy atom. The van der Waals surface area contributed by atoms with Gasteiger partial charge < -0.3 is 20.5 Å². The zero-order chi connectivity index (χ0) is 23.9. The number of anilines is 1. The van der Waals surface area contributed by atoms with Gasteiger partial charge in [0.25, 0.3) is 0 Å². The molecule has 33 heavy (non-hydrogen) atoms. The number of carbonyl (C=O) groups is 2. The molecule has 0 radical (unpaired) electrons. The topological polar surface area (TPSA) is 141 Å². The molecule has 0 aliphatic heterocycles. The van der Waals surface area contributed by atoms with Gasteiger partial charge in [-0.3, -0.25) is 4.79 Å². The van der Waals surface area contributed by atoms with Crippen LogP contribution in [0, 0.1) is 17.6 Å². The number of pyridine rings is 1. The van der Waals surface area contributed by atoms with Gasteiger partial charge in [0.15, 0.2) is 17.5 Å². The van der Waals surface area contributed by atoms with Crippen LogP contribution in [0.3, 0.4) is 0 Å². The third-order valence-electron chi connectivity index (χ3n) is 5.14. The largest absolute Gasteiger partial charge is 0.481 e. The van der Waals surface area contributed by atoms with Crippen molar-refractivity contribution >= 4 is 40.1 Å². The van der Waals surface area contributed by atoms with Gasteiger partial charge in [-0.15, -0.1) is 11.3 Å². The van der Waals surface area contributed by atoms with Crippen LogP contribution < -0.4 is 5.32 Å². The van der Waals surface area contributed by atoms with Gasteiger partial charge in [0.2, 0.25) is 0 Å². The Hall–Kier alpha value is -3.93. The number of rotatable bonds is 7. The van der Waals surface area contributed by atoms with E-state index in [1.165, 1.54) is 31.3 Å². The van der Waals surface area contributed by atoms with Crippen molar-refractivity contribution in [3.63, 3.8) is 0 Å². The van der Waals surface area contributed by atoms with E-state index in [0.29, 0.717) is 16.6 Å². The number of aromatic amines is 1. The predicted molar refractivity (Wildman–Crippen MR) is 117 cm³/mol. The number of aromatic carboxylic acids is 1. The van der Waals surface area contributed by atoms with Gasteiger partial charge in [-0.1, -0.05) is 0 Å². The Bertz CT molecular complexity index is 1390. The van der Waals surface area contributed by atoms with E-state index in [1.807, 2.05) is 0 Å².